The van der Waals surface area contributed by atoms with Gasteiger partial charge in [-0.25, -0.2) is 0 Å². The molecule has 1 aliphatic heterocycles. The fourth-order valence-corrected chi connectivity index (χ4v) is 2.46. The van der Waals surface area contributed by atoms with Gasteiger partial charge in [0.1, 0.15) is 6.10 Å². The van der Waals surface area contributed by atoms with Crippen molar-refractivity contribution in [2.45, 2.75) is 31.6 Å². The van der Waals surface area contributed by atoms with Crippen molar-refractivity contribution in [3.05, 3.63) is 48.6 Å². The van der Waals surface area contributed by atoms with Crippen LogP contribution in [0.5, 0.6) is 0 Å². The van der Waals surface area contributed by atoms with E-state index in [-0.39, 0.29) is 30.5 Å². The van der Waals surface area contributed by atoms with E-state index < -0.39 is 0 Å². The van der Waals surface area contributed by atoms with Gasteiger partial charge in [0.15, 0.2) is 0 Å². The highest BCUT2D eigenvalue weighted by atomic mass is 35.5. The van der Waals surface area contributed by atoms with Crippen LogP contribution >= 0.6 is 12.4 Å². The van der Waals surface area contributed by atoms with Crippen molar-refractivity contribution in [2.75, 3.05) is 13.1 Å². The number of rotatable bonds is 6. The van der Waals surface area contributed by atoms with Crippen molar-refractivity contribution in [1.29, 1.82) is 0 Å². The molecule has 5 heteroatoms. The van der Waals surface area contributed by atoms with Crippen LogP contribution in [0, 0.1) is 0 Å². The molecule has 1 amide bonds. The lowest BCUT2D eigenvalue weighted by Gasteiger charge is -2.24. The summed E-state index contributed by atoms with van der Waals surface area (Å²) in [7, 11) is 0. The quantitative estimate of drug-likeness (QED) is 0.819. The number of halogens is 1. The predicted octanol–water partition coefficient (Wildman–Crippen LogP) is 2.13. The molecule has 2 rings (SSSR count). The number of carbonyl (C=O) groups is 1. The molecule has 1 heterocycles. The average molecular weight is 311 g/mol. The van der Waals surface area contributed by atoms with E-state index >= 15 is 0 Å². The summed E-state index contributed by atoms with van der Waals surface area (Å²) in [6, 6.07) is 9.95. The molecule has 0 aliphatic carbocycles. The summed E-state index contributed by atoms with van der Waals surface area (Å²) in [5.41, 5.74) is 6.70. The monoisotopic (exact) mass is 310 g/mol. The van der Waals surface area contributed by atoms with E-state index in [2.05, 4.69) is 6.58 Å². The lowest BCUT2D eigenvalue weighted by atomic mass is 10.1. The topological polar surface area (TPSA) is 55.6 Å². The largest absolute Gasteiger partial charge is 0.364 e. The Bertz CT molecular complexity index is 453. The number of amides is 1. The molecule has 2 N–H and O–H groups in total. The van der Waals surface area contributed by atoms with Crippen molar-refractivity contribution in [1.82, 2.24) is 4.90 Å². The third-order valence-corrected chi connectivity index (χ3v) is 3.52. The molecule has 0 saturated carbocycles. The Labute approximate surface area is 132 Å². The first-order valence-electron chi connectivity index (χ1n) is 7.03. The molecule has 0 aromatic heterocycles. The van der Waals surface area contributed by atoms with Crippen molar-refractivity contribution in [3.63, 3.8) is 0 Å². The molecule has 0 bridgehead atoms. The van der Waals surface area contributed by atoms with E-state index in [0.29, 0.717) is 19.6 Å². The molecule has 2 atom stereocenters. The molecule has 1 aromatic carbocycles. The highest BCUT2D eigenvalue weighted by Crippen LogP contribution is 2.21. The van der Waals surface area contributed by atoms with Gasteiger partial charge < -0.3 is 15.4 Å². The van der Waals surface area contributed by atoms with Crippen molar-refractivity contribution in [2.24, 2.45) is 5.73 Å². The van der Waals surface area contributed by atoms with Gasteiger partial charge in [-0.2, -0.15) is 0 Å². The number of nitrogens with zero attached hydrogens (tertiary/aromatic N) is 1. The number of benzene rings is 1. The molecule has 4 nitrogen and oxygen atoms in total. The Kier molecular flexibility index (Phi) is 7.43. The van der Waals surface area contributed by atoms with Crippen LogP contribution in [0.3, 0.4) is 0 Å². The molecule has 0 spiro atoms. The van der Waals surface area contributed by atoms with E-state index in [0.717, 1.165) is 18.4 Å². The predicted molar refractivity (Wildman–Crippen MR) is 86.3 cm³/mol. The van der Waals surface area contributed by atoms with Crippen LogP contribution in [0.25, 0.3) is 0 Å². The van der Waals surface area contributed by atoms with Gasteiger partial charge in [-0.05, 0) is 18.4 Å². The van der Waals surface area contributed by atoms with Gasteiger partial charge >= 0.3 is 0 Å². The first kappa shape index (κ1) is 17.7. The maximum absolute atomic E-state index is 12.5. The molecular formula is C16H23ClN2O2. The van der Waals surface area contributed by atoms with Crippen molar-refractivity contribution < 1.29 is 9.53 Å². The molecule has 1 aromatic rings. The van der Waals surface area contributed by atoms with E-state index in [1.807, 2.05) is 30.3 Å². The normalized spacial score (nSPS) is 20.6. The molecule has 1 aliphatic rings. The summed E-state index contributed by atoms with van der Waals surface area (Å²) in [5, 5.41) is 0. The van der Waals surface area contributed by atoms with Gasteiger partial charge in [0, 0.05) is 19.6 Å². The molecule has 116 valence electrons. The Morgan fingerprint density at radius 2 is 2.10 bits per heavy atom. The Morgan fingerprint density at radius 3 is 2.67 bits per heavy atom. The average Bonchev–Trinajstić information content (AvgIpc) is 2.96. The summed E-state index contributed by atoms with van der Waals surface area (Å²) in [6.07, 6.45) is 3.03. The molecule has 21 heavy (non-hydrogen) atoms. The maximum Gasteiger partial charge on any atom is 0.252 e. The summed E-state index contributed by atoms with van der Waals surface area (Å²) < 4.78 is 5.69. The second-order valence-electron chi connectivity index (χ2n) is 5.05. The zero-order valence-electron chi connectivity index (χ0n) is 12.1. The zero-order valence-corrected chi connectivity index (χ0v) is 12.9. The summed E-state index contributed by atoms with van der Waals surface area (Å²) in [4.78, 5) is 14.3. The van der Waals surface area contributed by atoms with Gasteiger partial charge in [-0.1, -0.05) is 36.4 Å². The van der Waals surface area contributed by atoms with Gasteiger partial charge in [0.25, 0.3) is 5.91 Å². The molecule has 0 unspecified atom stereocenters. The lowest BCUT2D eigenvalue weighted by molar-refractivity contribution is -0.142. The third-order valence-electron chi connectivity index (χ3n) is 3.52. The smallest absolute Gasteiger partial charge is 0.252 e. The van der Waals surface area contributed by atoms with E-state index in [4.69, 9.17) is 10.5 Å². The minimum atomic E-state index is -0.354. The number of hydrogen-bond donors (Lipinski definition) is 1. The minimum absolute atomic E-state index is 0. The van der Waals surface area contributed by atoms with Crippen LogP contribution in [0.1, 0.15) is 18.4 Å². The fourth-order valence-electron chi connectivity index (χ4n) is 2.46. The molecule has 1 saturated heterocycles. The summed E-state index contributed by atoms with van der Waals surface area (Å²) >= 11 is 0. The highest BCUT2D eigenvalue weighted by molar-refractivity contribution is 5.85. The number of carbonyl (C=O) groups excluding carboxylic acids is 1. The van der Waals surface area contributed by atoms with Crippen LogP contribution in [0.2, 0.25) is 0 Å². The first-order valence-corrected chi connectivity index (χ1v) is 7.03. The van der Waals surface area contributed by atoms with E-state index in [9.17, 15) is 4.79 Å². The highest BCUT2D eigenvalue weighted by Gasteiger charge is 2.32. The van der Waals surface area contributed by atoms with Crippen molar-refractivity contribution in [3.8, 4) is 0 Å². The molecule has 0 radical (unpaired) electrons. The fraction of sp³-hybridized carbons (Fsp3) is 0.438. The second-order valence-corrected chi connectivity index (χ2v) is 5.05. The standard InChI is InChI=1S/C16H22N2O2.ClH/c1-2-10-18(12-13-6-4-3-5-7-13)16(19)15-9-8-14(11-17)20-15;/h2-7,14-15H,1,8-12,17H2;1H/t14-,15+;/m1./s1. The zero-order chi connectivity index (χ0) is 14.4. The summed E-state index contributed by atoms with van der Waals surface area (Å²) in [5.74, 6) is 0.0321. The summed E-state index contributed by atoms with van der Waals surface area (Å²) in [6.45, 7) is 5.31. The van der Waals surface area contributed by atoms with E-state index in [1.165, 1.54) is 0 Å². The van der Waals surface area contributed by atoms with E-state index in [1.54, 1.807) is 11.0 Å². The SMILES string of the molecule is C=CCN(Cc1ccccc1)C(=O)[C@@H]1CC[C@H](CN)O1.Cl. The van der Waals surface area contributed by atoms with Crippen molar-refractivity contribution >= 4 is 18.3 Å². The van der Waals surface area contributed by atoms with Crippen LogP contribution in [0.15, 0.2) is 43.0 Å². The van der Waals surface area contributed by atoms with Gasteiger partial charge in [-0.3, -0.25) is 4.79 Å². The first-order chi connectivity index (χ1) is 9.74. The number of hydrogen-bond acceptors (Lipinski definition) is 3. The van der Waals surface area contributed by atoms with Crippen LogP contribution in [0.4, 0.5) is 0 Å². The van der Waals surface area contributed by atoms with Crippen LogP contribution in [-0.4, -0.2) is 36.1 Å². The Morgan fingerprint density at radius 1 is 1.38 bits per heavy atom. The van der Waals surface area contributed by atoms with Crippen LogP contribution in [-0.2, 0) is 16.1 Å². The lowest BCUT2D eigenvalue weighted by Crippen LogP contribution is -2.39. The number of ether oxygens (including phenoxy) is 1. The number of nitrogens with two attached hydrogens (primary N) is 1. The minimum Gasteiger partial charge on any atom is -0.364 e. The van der Waals surface area contributed by atoms with Gasteiger partial charge in [0.05, 0.1) is 6.10 Å². The Hall–Kier alpha value is -1.36. The molecular weight excluding hydrogens is 288 g/mol. The third kappa shape index (κ3) is 4.84. The Balaban J connectivity index is 0.00000220. The van der Waals surface area contributed by atoms with Gasteiger partial charge in [0.2, 0.25) is 0 Å². The van der Waals surface area contributed by atoms with Gasteiger partial charge in [-0.15, -0.1) is 19.0 Å². The second kappa shape index (κ2) is 8.82. The van der Waals surface area contributed by atoms with Crippen LogP contribution < -0.4 is 5.73 Å². The maximum atomic E-state index is 12.5. The molecule has 1 fully saturated rings.